The van der Waals surface area contributed by atoms with Crippen molar-refractivity contribution < 1.29 is 14.3 Å². The van der Waals surface area contributed by atoms with Crippen LogP contribution in [-0.4, -0.2) is 42.9 Å². The van der Waals surface area contributed by atoms with Gasteiger partial charge in [-0.05, 0) is 42.3 Å². The van der Waals surface area contributed by atoms with Crippen molar-refractivity contribution in [1.29, 1.82) is 0 Å². The summed E-state index contributed by atoms with van der Waals surface area (Å²) in [5.74, 6) is 0.692. The number of carbonyl (C=O) groups excluding carboxylic acids is 1. The average Bonchev–Trinajstić information content (AvgIpc) is 3.21. The van der Waals surface area contributed by atoms with Crippen LogP contribution in [0.3, 0.4) is 0 Å². The molecule has 1 heterocycles. The predicted molar refractivity (Wildman–Crippen MR) is 124 cm³/mol. The lowest BCUT2D eigenvalue weighted by Gasteiger charge is -2.24. The third-order valence-electron chi connectivity index (χ3n) is 4.96. The number of nitrogens with zero attached hydrogens (tertiary/aromatic N) is 2. The van der Waals surface area contributed by atoms with Crippen molar-refractivity contribution in [2.24, 2.45) is 0 Å². The molecule has 0 spiro atoms. The van der Waals surface area contributed by atoms with Crippen LogP contribution >= 0.6 is 11.6 Å². The maximum absolute atomic E-state index is 13.1. The van der Waals surface area contributed by atoms with Crippen LogP contribution in [0.15, 0.2) is 66.9 Å². The molecule has 0 fully saturated rings. The van der Waals surface area contributed by atoms with Crippen molar-refractivity contribution >= 4 is 23.3 Å². The van der Waals surface area contributed by atoms with Gasteiger partial charge in [0, 0.05) is 55.5 Å². The third kappa shape index (κ3) is 6.51. The van der Waals surface area contributed by atoms with Crippen LogP contribution in [0, 0.1) is 0 Å². The lowest BCUT2D eigenvalue weighted by Crippen LogP contribution is -2.36. The minimum absolute atomic E-state index is 0.171. The van der Waals surface area contributed by atoms with Crippen LogP contribution in [0.5, 0.6) is 5.75 Å². The standard InChI is InChI=1S/C24H28ClN3O3/c1-30-15-7-14-28(24(29)26-20-9-5-11-22(16-20)31-2)18-21-10-6-13-27(21)17-19-8-3-4-12-23(19)25/h3-6,8-13,16H,7,14-15,17-18H2,1-2H3,(H,26,29). The van der Waals surface area contributed by atoms with E-state index < -0.39 is 0 Å². The molecule has 0 saturated carbocycles. The number of aromatic nitrogens is 1. The Hall–Kier alpha value is -2.96. The van der Waals surface area contributed by atoms with Gasteiger partial charge in [-0.15, -0.1) is 0 Å². The zero-order chi connectivity index (χ0) is 22.1. The summed E-state index contributed by atoms with van der Waals surface area (Å²) in [5.41, 5.74) is 2.75. The number of anilines is 1. The molecule has 164 valence electrons. The van der Waals surface area contributed by atoms with E-state index in [4.69, 9.17) is 21.1 Å². The van der Waals surface area contributed by atoms with Crippen molar-refractivity contribution in [3.8, 4) is 5.75 Å². The first kappa shape index (κ1) is 22.7. The molecule has 0 aliphatic carbocycles. The fourth-order valence-corrected chi connectivity index (χ4v) is 3.50. The molecule has 0 unspecified atom stereocenters. The van der Waals surface area contributed by atoms with Crippen molar-refractivity contribution in [3.63, 3.8) is 0 Å². The lowest BCUT2D eigenvalue weighted by molar-refractivity contribution is 0.171. The smallest absolute Gasteiger partial charge is 0.322 e. The molecule has 2 amide bonds. The first-order chi connectivity index (χ1) is 15.1. The van der Waals surface area contributed by atoms with Crippen molar-refractivity contribution in [1.82, 2.24) is 9.47 Å². The quantitative estimate of drug-likeness (QED) is 0.436. The summed E-state index contributed by atoms with van der Waals surface area (Å²) < 4.78 is 12.5. The predicted octanol–water partition coefficient (Wildman–Crippen LogP) is 5.27. The summed E-state index contributed by atoms with van der Waals surface area (Å²) in [6, 6.07) is 19.0. The first-order valence-corrected chi connectivity index (χ1v) is 10.5. The zero-order valence-corrected chi connectivity index (χ0v) is 18.6. The topological polar surface area (TPSA) is 55.7 Å². The molecular formula is C24H28ClN3O3. The monoisotopic (exact) mass is 441 g/mol. The minimum atomic E-state index is -0.171. The molecule has 0 atom stereocenters. The van der Waals surface area contributed by atoms with E-state index in [-0.39, 0.29) is 6.03 Å². The highest BCUT2D eigenvalue weighted by Gasteiger charge is 2.16. The van der Waals surface area contributed by atoms with Gasteiger partial charge >= 0.3 is 6.03 Å². The van der Waals surface area contributed by atoms with Gasteiger partial charge in [-0.1, -0.05) is 35.9 Å². The summed E-state index contributed by atoms with van der Waals surface area (Å²) >= 11 is 6.34. The second-order valence-electron chi connectivity index (χ2n) is 7.15. The first-order valence-electron chi connectivity index (χ1n) is 10.2. The Morgan fingerprint density at radius 2 is 1.94 bits per heavy atom. The molecule has 3 aromatic rings. The molecule has 0 aliphatic rings. The molecule has 3 rings (SSSR count). The molecule has 0 saturated heterocycles. The van der Waals surface area contributed by atoms with E-state index in [1.807, 2.05) is 60.8 Å². The summed E-state index contributed by atoms with van der Waals surface area (Å²) in [6.45, 7) is 2.27. The maximum Gasteiger partial charge on any atom is 0.322 e. The van der Waals surface area contributed by atoms with Crippen molar-refractivity contribution in [2.45, 2.75) is 19.5 Å². The number of amides is 2. The SMILES string of the molecule is COCCCN(Cc1cccn1Cc1ccccc1Cl)C(=O)Nc1cccc(OC)c1. The number of rotatable bonds is 10. The van der Waals surface area contributed by atoms with Crippen LogP contribution in [0.1, 0.15) is 17.7 Å². The van der Waals surface area contributed by atoms with E-state index in [0.29, 0.717) is 37.7 Å². The molecule has 1 aromatic heterocycles. The number of ether oxygens (including phenoxy) is 2. The van der Waals surface area contributed by atoms with Gasteiger partial charge in [-0.3, -0.25) is 0 Å². The number of urea groups is 1. The van der Waals surface area contributed by atoms with Gasteiger partial charge in [0.25, 0.3) is 0 Å². The van der Waals surface area contributed by atoms with Gasteiger partial charge in [-0.25, -0.2) is 4.79 Å². The summed E-state index contributed by atoms with van der Waals surface area (Å²) in [6.07, 6.45) is 2.75. The van der Waals surface area contributed by atoms with Gasteiger partial charge < -0.3 is 24.3 Å². The molecule has 0 bridgehead atoms. The van der Waals surface area contributed by atoms with Gasteiger partial charge in [0.15, 0.2) is 0 Å². The molecule has 31 heavy (non-hydrogen) atoms. The Kier molecular flexibility index (Phi) is 8.38. The highest BCUT2D eigenvalue weighted by atomic mass is 35.5. The normalized spacial score (nSPS) is 10.7. The number of methoxy groups -OCH3 is 2. The number of halogens is 1. The molecule has 1 N–H and O–H groups in total. The van der Waals surface area contributed by atoms with Gasteiger partial charge in [0.2, 0.25) is 0 Å². The second-order valence-corrected chi connectivity index (χ2v) is 7.56. The Morgan fingerprint density at radius 1 is 1.10 bits per heavy atom. The summed E-state index contributed by atoms with van der Waals surface area (Å²) in [4.78, 5) is 14.8. The van der Waals surface area contributed by atoms with E-state index in [1.54, 1.807) is 25.2 Å². The molecule has 0 aliphatic heterocycles. The number of hydrogen-bond donors (Lipinski definition) is 1. The molecule has 2 aromatic carbocycles. The fourth-order valence-electron chi connectivity index (χ4n) is 3.31. The van der Waals surface area contributed by atoms with Crippen molar-refractivity contribution in [2.75, 3.05) is 32.7 Å². The Morgan fingerprint density at radius 3 is 2.71 bits per heavy atom. The van der Waals surface area contributed by atoms with E-state index in [0.717, 1.165) is 22.7 Å². The van der Waals surface area contributed by atoms with Gasteiger partial charge in [-0.2, -0.15) is 0 Å². The molecule has 6 nitrogen and oxygen atoms in total. The second kappa shape index (κ2) is 11.4. The Bertz CT molecular complexity index is 989. The van der Waals surface area contributed by atoms with Crippen LogP contribution in [0.2, 0.25) is 5.02 Å². The Balaban J connectivity index is 1.74. The highest BCUT2D eigenvalue weighted by molar-refractivity contribution is 6.31. The van der Waals surface area contributed by atoms with E-state index in [1.165, 1.54) is 0 Å². The highest BCUT2D eigenvalue weighted by Crippen LogP contribution is 2.20. The Labute approximate surface area is 188 Å². The molecule has 0 radical (unpaired) electrons. The maximum atomic E-state index is 13.1. The van der Waals surface area contributed by atoms with Crippen molar-refractivity contribution in [3.05, 3.63) is 83.1 Å². The fraction of sp³-hybridized carbons (Fsp3) is 0.292. The number of nitrogens with one attached hydrogen (secondary N) is 1. The van der Waals surface area contributed by atoms with E-state index in [9.17, 15) is 4.79 Å². The van der Waals surface area contributed by atoms with Gasteiger partial charge in [0.05, 0.1) is 13.7 Å². The lowest BCUT2D eigenvalue weighted by atomic mass is 10.2. The minimum Gasteiger partial charge on any atom is -0.497 e. The third-order valence-corrected chi connectivity index (χ3v) is 5.33. The largest absolute Gasteiger partial charge is 0.497 e. The average molecular weight is 442 g/mol. The van der Waals surface area contributed by atoms with E-state index >= 15 is 0 Å². The summed E-state index contributed by atoms with van der Waals surface area (Å²) in [7, 11) is 3.26. The van der Waals surface area contributed by atoms with Crippen LogP contribution in [-0.2, 0) is 17.8 Å². The number of carbonyl (C=O) groups is 1. The zero-order valence-electron chi connectivity index (χ0n) is 17.9. The molecular weight excluding hydrogens is 414 g/mol. The molecule has 7 heteroatoms. The number of hydrogen-bond acceptors (Lipinski definition) is 3. The van der Waals surface area contributed by atoms with E-state index in [2.05, 4.69) is 9.88 Å². The van der Waals surface area contributed by atoms with Crippen LogP contribution in [0.25, 0.3) is 0 Å². The number of benzene rings is 2. The van der Waals surface area contributed by atoms with Crippen LogP contribution < -0.4 is 10.1 Å². The van der Waals surface area contributed by atoms with Gasteiger partial charge in [0.1, 0.15) is 5.75 Å². The van der Waals surface area contributed by atoms with Crippen LogP contribution in [0.4, 0.5) is 10.5 Å². The summed E-state index contributed by atoms with van der Waals surface area (Å²) in [5, 5.41) is 3.70.